The fraction of sp³-hybridized carbons (Fsp3) is 0.235. The Labute approximate surface area is 152 Å². The highest BCUT2D eigenvalue weighted by atomic mass is 79.9. The molecule has 0 aliphatic rings. The van der Waals surface area contributed by atoms with Crippen LogP contribution in [0.2, 0.25) is 0 Å². The molecule has 0 aliphatic carbocycles. The third-order valence-corrected chi connectivity index (χ3v) is 4.30. The number of ether oxygens (including phenoxy) is 2. The summed E-state index contributed by atoms with van der Waals surface area (Å²) in [5.74, 6) is 0.891. The molecule has 0 aliphatic heterocycles. The minimum absolute atomic E-state index is 0.211. The molecule has 1 N–H and O–H groups in total. The number of rotatable bonds is 5. The highest BCUT2D eigenvalue weighted by molar-refractivity contribution is 9.10. The number of benzene rings is 2. The molecule has 6 heteroatoms. The summed E-state index contributed by atoms with van der Waals surface area (Å²) in [6.45, 7) is 4.34. The largest absolute Gasteiger partial charge is 0.493 e. The van der Waals surface area contributed by atoms with Gasteiger partial charge in [-0.2, -0.15) is 0 Å². The maximum absolute atomic E-state index is 12.5. The molecule has 122 valence electrons. The standard InChI is InChI=1S/C17H17Br2NO3/c1-4-23-16-13(19)8-11(9-15(16)22-3)17(21)20-14-6-5-12(18)7-10(14)2/h5-9H,4H2,1-3H3,(H,20,21). The van der Waals surface area contributed by atoms with Gasteiger partial charge < -0.3 is 14.8 Å². The molecule has 0 atom stereocenters. The third kappa shape index (κ3) is 4.26. The number of nitrogens with one attached hydrogen (secondary N) is 1. The van der Waals surface area contributed by atoms with Crippen molar-refractivity contribution in [1.82, 2.24) is 0 Å². The first-order valence-electron chi connectivity index (χ1n) is 7.04. The van der Waals surface area contributed by atoms with Crippen molar-refractivity contribution in [2.24, 2.45) is 0 Å². The Morgan fingerprint density at radius 2 is 1.96 bits per heavy atom. The molecule has 0 saturated carbocycles. The lowest BCUT2D eigenvalue weighted by Gasteiger charge is -2.14. The van der Waals surface area contributed by atoms with E-state index in [1.165, 1.54) is 0 Å². The van der Waals surface area contributed by atoms with Crippen molar-refractivity contribution in [2.75, 3.05) is 19.0 Å². The molecule has 23 heavy (non-hydrogen) atoms. The van der Waals surface area contributed by atoms with Gasteiger partial charge in [0.25, 0.3) is 5.91 Å². The topological polar surface area (TPSA) is 47.6 Å². The monoisotopic (exact) mass is 441 g/mol. The van der Waals surface area contributed by atoms with E-state index in [4.69, 9.17) is 9.47 Å². The first-order valence-corrected chi connectivity index (χ1v) is 8.62. The molecule has 0 unspecified atom stereocenters. The summed E-state index contributed by atoms with van der Waals surface area (Å²) >= 11 is 6.84. The maximum Gasteiger partial charge on any atom is 0.255 e. The van der Waals surface area contributed by atoms with Gasteiger partial charge in [0.15, 0.2) is 11.5 Å². The van der Waals surface area contributed by atoms with E-state index in [0.29, 0.717) is 28.1 Å². The van der Waals surface area contributed by atoms with Crippen LogP contribution >= 0.6 is 31.9 Å². The number of hydrogen-bond donors (Lipinski definition) is 1. The summed E-state index contributed by atoms with van der Waals surface area (Å²) in [5.41, 5.74) is 2.23. The predicted octanol–water partition coefficient (Wildman–Crippen LogP) is 5.18. The van der Waals surface area contributed by atoms with Crippen molar-refractivity contribution in [3.8, 4) is 11.5 Å². The molecule has 2 aromatic carbocycles. The molecule has 0 heterocycles. The normalized spacial score (nSPS) is 10.3. The smallest absolute Gasteiger partial charge is 0.255 e. The lowest BCUT2D eigenvalue weighted by Crippen LogP contribution is -2.13. The van der Waals surface area contributed by atoms with Gasteiger partial charge >= 0.3 is 0 Å². The van der Waals surface area contributed by atoms with Crippen molar-refractivity contribution in [3.63, 3.8) is 0 Å². The highest BCUT2D eigenvalue weighted by Crippen LogP contribution is 2.37. The molecule has 0 saturated heterocycles. The van der Waals surface area contributed by atoms with Gasteiger partial charge in [0.1, 0.15) is 0 Å². The van der Waals surface area contributed by atoms with E-state index in [-0.39, 0.29) is 5.91 Å². The number of aryl methyl sites for hydroxylation is 1. The van der Waals surface area contributed by atoms with Crippen LogP contribution < -0.4 is 14.8 Å². The van der Waals surface area contributed by atoms with Crippen LogP contribution in [0.5, 0.6) is 11.5 Å². The molecule has 2 aromatic rings. The van der Waals surface area contributed by atoms with Crippen molar-refractivity contribution in [3.05, 3.63) is 50.4 Å². The van der Waals surface area contributed by atoms with Crippen molar-refractivity contribution in [1.29, 1.82) is 0 Å². The first kappa shape index (κ1) is 17.8. The molecule has 0 bridgehead atoms. The molecular formula is C17H17Br2NO3. The predicted molar refractivity (Wildman–Crippen MR) is 98.7 cm³/mol. The summed E-state index contributed by atoms with van der Waals surface area (Å²) in [5, 5.41) is 2.91. The summed E-state index contributed by atoms with van der Waals surface area (Å²) in [4.78, 5) is 12.5. The zero-order valence-electron chi connectivity index (χ0n) is 13.1. The molecule has 2 rings (SSSR count). The summed E-state index contributed by atoms with van der Waals surface area (Å²) in [7, 11) is 1.55. The third-order valence-electron chi connectivity index (χ3n) is 3.22. The van der Waals surface area contributed by atoms with Crippen LogP contribution in [0.15, 0.2) is 39.3 Å². The first-order chi connectivity index (χ1) is 11.0. The van der Waals surface area contributed by atoms with E-state index in [0.717, 1.165) is 15.7 Å². The SMILES string of the molecule is CCOc1c(Br)cc(C(=O)Nc2ccc(Br)cc2C)cc1OC. The van der Waals surface area contributed by atoms with E-state index < -0.39 is 0 Å². The van der Waals surface area contributed by atoms with Crippen LogP contribution in [0, 0.1) is 6.92 Å². The Hall–Kier alpha value is -1.53. The average Bonchev–Trinajstić information content (AvgIpc) is 2.51. The number of carbonyl (C=O) groups excluding carboxylic acids is 1. The number of hydrogen-bond acceptors (Lipinski definition) is 3. The Bertz CT molecular complexity index is 732. The quantitative estimate of drug-likeness (QED) is 0.693. The second-order valence-corrected chi connectivity index (χ2v) is 6.61. The molecule has 0 spiro atoms. The van der Waals surface area contributed by atoms with E-state index >= 15 is 0 Å². The second kappa shape index (κ2) is 7.84. The number of methoxy groups -OCH3 is 1. The van der Waals surface area contributed by atoms with Gasteiger partial charge in [-0.05, 0) is 65.7 Å². The van der Waals surface area contributed by atoms with E-state index in [1.54, 1.807) is 19.2 Å². The van der Waals surface area contributed by atoms with Gasteiger partial charge in [0, 0.05) is 15.7 Å². The van der Waals surface area contributed by atoms with E-state index in [1.807, 2.05) is 32.0 Å². The highest BCUT2D eigenvalue weighted by Gasteiger charge is 2.16. The summed E-state index contributed by atoms with van der Waals surface area (Å²) in [6, 6.07) is 9.08. The molecule has 0 aromatic heterocycles. The van der Waals surface area contributed by atoms with Gasteiger partial charge in [-0.25, -0.2) is 0 Å². The fourth-order valence-electron chi connectivity index (χ4n) is 2.10. The number of halogens is 2. The van der Waals surface area contributed by atoms with E-state index in [9.17, 15) is 4.79 Å². The Morgan fingerprint density at radius 3 is 2.57 bits per heavy atom. The molecule has 0 radical (unpaired) electrons. The minimum Gasteiger partial charge on any atom is -0.493 e. The zero-order valence-corrected chi connectivity index (χ0v) is 16.2. The second-order valence-electron chi connectivity index (χ2n) is 4.84. The van der Waals surface area contributed by atoms with Crippen LogP contribution in [0.3, 0.4) is 0 Å². The lowest BCUT2D eigenvalue weighted by molar-refractivity contribution is 0.102. The van der Waals surface area contributed by atoms with Gasteiger partial charge in [0.2, 0.25) is 0 Å². The lowest BCUT2D eigenvalue weighted by atomic mass is 10.1. The van der Waals surface area contributed by atoms with Crippen LogP contribution in [0.4, 0.5) is 5.69 Å². The summed E-state index contributed by atoms with van der Waals surface area (Å²) < 4.78 is 12.5. The Morgan fingerprint density at radius 1 is 1.22 bits per heavy atom. The Balaban J connectivity index is 2.30. The van der Waals surface area contributed by atoms with Gasteiger partial charge in [0.05, 0.1) is 18.2 Å². The number of carbonyl (C=O) groups is 1. The van der Waals surface area contributed by atoms with Gasteiger partial charge in [-0.1, -0.05) is 15.9 Å². The van der Waals surface area contributed by atoms with Crippen LogP contribution in [-0.4, -0.2) is 19.6 Å². The molecule has 0 fully saturated rings. The van der Waals surface area contributed by atoms with E-state index in [2.05, 4.69) is 37.2 Å². The van der Waals surface area contributed by atoms with Crippen LogP contribution in [0.25, 0.3) is 0 Å². The van der Waals surface area contributed by atoms with Crippen LogP contribution in [-0.2, 0) is 0 Å². The van der Waals surface area contributed by atoms with Gasteiger partial charge in [-0.3, -0.25) is 4.79 Å². The molecular weight excluding hydrogens is 426 g/mol. The minimum atomic E-state index is -0.211. The molecule has 1 amide bonds. The fourth-order valence-corrected chi connectivity index (χ4v) is 3.13. The average molecular weight is 443 g/mol. The number of amides is 1. The zero-order chi connectivity index (χ0) is 17.0. The number of anilines is 1. The Kier molecular flexibility index (Phi) is 6.07. The van der Waals surface area contributed by atoms with Crippen molar-refractivity contribution < 1.29 is 14.3 Å². The van der Waals surface area contributed by atoms with Gasteiger partial charge in [-0.15, -0.1) is 0 Å². The maximum atomic E-state index is 12.5. The van der Waals surface area contributed by atoms with Crippen LogP contribution in [0.1, 0.15) is 22.8 Å². The van der Waals surface area contributed by atoms with Crippen molar-refractivity contribution in [2.45, 2.75) is 13.8 Å². The summed E-state index contributed by atoms with van der Waals surface area (Å²) in [6.07, 6.45) is 0. The van der Waals surface area contributed by atoms with Crippen molar-refractivity contribution >= 4 is 43.5 Å². The molecule has 4 nitrogen and oxygen atoms in total.